The fourth-order valence-corrected chi connectivity index (χ4v) is 4.81. The predicted octanol–water partition coefficient (Wildman–Crippen LogP) is 6.98. The Labute approximate surface area is 226 Å². The van der Waals surface area contributed by atoms with Gasteiger partial charge in [0.05, 0.1) is 28.9 Å². The van der Waals surface area contributed by atoms with Crippen LogP contribution in [0.25, 0.3) is 22.2 Å². The van der Waals surface area contributed by atoms with Gasteiger partial charge in [0.15, 0.2) is 0 Å². The van der Waals surface area contributed by atoms with E-state index in [1.807, 2.05) is 39.0 Å². The Morgan fingerprint density at radius 2 is 1.59 bits per heavy atom. The summed E-state index contributed by atoms with van der Waals surface area (Å²) in [5, 5.41) is 6.52. The summed E-state index contributed by atoms with van der Waals surface area (Å²) in [7, 11) is 0. The molecule has 0 bridgehead atoms. The Hall–Kier alpha value is -3.62. The molecule has 208 valence electrons. The standard InChI is InChI=1S/C30H34F3N3O3/c1-29(2,3)36-28(38)39-18-20-10-8-19(9-11-20)17-34-27(37)24-16-26(35-25-7-5-4-6-23(24)25)21-12-14-22(15-13-21)30(31,32)33/h4-7,12-16,19-20H,8-11,17-18H2,1-3H3,(H,34,37)(H,36,38). The molecule has 0 spiro atoms. The number of carbonyl (C=O) groups excluding carboxylic acids is 2. The molecule has 0 atom stereocenters. The lowest BCUT2D eigenvalue weighted by atomic mass is 9.82. The number of carbonyl (C=O) groups is 2. The number of ether oxygens (including phenoxy) is 1. The summed E-state index contributed by atoms with van der Waals surface area (Å²) in [6.45, 7) is 6.61. The van der Waals surface area contributed by atoms with E-state index < -0.39 is 17.8 Å². The molecule has 39 heavy (non-hydrogen) atoms. The first-order valence-corrected chi connectivity index (χ1v) is 13.2. The Kier molecular flexibility index (Phi) is 8.47. The lowest BCUT2D eigenvalue weighted by Gasteiger charge is -2.29. The van der Waals surface area contributed by atoms with Gasteiger partial charge in [-0.3, -0.25) is 4.79 Å². The summed E-state index contributed by atoms with van der Waals surface area (Å²) in [4.78, 5) is 29.8. The summed E-state index contributed by atoms with van der Waals surface area (Å²) < 4.78 is 44.4. The lowest BCUT2D eigenvalue weighted by molar-refractivity contribution is -0.137. The maximum atomic E-state index is 13.3. The number of nitrogens with zero attached hydrogens (tertiary/aromatic N) is 1. The lowest BCUT2D eigenvalue weighted by Crippen LogP contribution is -2.41. The third-order valence-electron chi connectivity index (χ3n) is 6.91. The van der Waals surface area contributed by atoms with Gasteiger partial charge in [-0.15, -0.1) is 0 Å². The van der Waals surface area contributed by atoms with Crippen LogP contribution in [0.3, 0.4) is 0 Å². The molecule has 3 aromatic rings. The normalized spacial score (nSPS) is 18.0. The van der Waals surface area contributed by atoms with Crippen LogP contribution in [0, 0.1) is 11.8 Å². The average molecular weight is 542 g/mol. The first-order chi connectivity index (χ1) is 18.4. The van der Waals surface area contributed by atoms with Crippen molar-refractivity contribution in [1.29, 1.82) is 0 Å². The maximum Gasteiger partial charge on any atom is 0.416 e. The van der Waals surface area contributed by atoms with Crippen molar-refractivity contribution in [1.82, 2.24) is 15.6 Å². The van der Waals surface area contributed by atoms with E-state index in [0.29, 0.717) is 52.7 Å². The molecule has 1 fully saturated rings. The van der Waals surface area contributed by atoms with E-state index in [0.717, 1.165) is 37.8 Å². The highest BCUT2D eigenvalue weighted by Crippen LogP contribution is 2.32. The fraction of sp³-hybridized carbons (Fsp3) is 0.433. The molecule has 9 heteroatoms. The molecule has 4 rings (SSSR count). The van der Waals surface area contributed by atoms with E-state index in [2.05, 4.69) is 15.6 Å². The molecule has 6 nitrogen and oxygen atoms in total. The minimum absolute atomic E-state index is 0.244. The van der Waals surface area contributed by atoms with Crippen LogP contribution >= 0.6 is 0 Å². The Morgan fingerprint density at radius 3 is 2.23 bits per heavy atom. The molecule has 0 saturated heterocycles. The zero-order valence-electron chi connectivity index (χ0n) is 22.4. The first-order valence-electron chi connectivity index (χ1n) is 13.2. The number of rotatable bonds is 6. The number of benzene rings is 2. The predicted molar refractivity (Wildman–Crippen MR) is 144 cm³/mol. The number of aromatic nitrogens is 1. The zero-order chi connectivity index (χ0) is 28.2. The van der Waals surface area contributed by atoms with E-state index in [-0.39, 0.29) is 11.4 Å². The number of hydrogen-bond donors (Lipinski definition) is 2. The van der Waals surface area contributed by atoms with Gasteiger partial charge >= 0.3 is 12.3 Å². The fourth-order valence-electron chi connectivity index (χ4n) is 4.81. The van der Waals surface area contributed by atoms with Crippen molar-refractivity contribution in [2.45, 2.75) is 58.2 Å². The highest BCUT2D eigenvalue weighted by atomic mass is 19.4. The van der Waals surface area contributed by atoms with Gasteiger partial charge in [-0.1, -0.05) is 30.3 Å². The van der Waals surface area contributed by atoms with Crippen LogP contribution in [0.4, 0.5) is 18.0 Å². The molecular formula is C30H34F3N3O3. The molecule has 1 aliphatic rings. The molecule has 1 aliphatic carbocycles. The van der Waals surface area contributed by atoms with Crippen molar-refractivity contribution >= 4 is 22.9 Å². The highest BCUT2D eigenvalue weighted by Gasteiger charge is 2.30. The van der Waals surface area contributed by atoms with Crippen LogP contribution in [0.15, 0.2) is 54.6 Å². The molecule has 0 radical (unpaired) electrons. The summed E-state index contributed by atoms with van der Waals surface area (Å²) in [5.41, 5.74) is 0.882. The number of halogens is 3. The number of fused-ring (bicyclic) bond motifs is 1. The number of amides is 2. The van der Waals surface area contributed by atoms with Gasteiger partial charge < -0.3 is 15.4 Å². The Morgan fingerprint density at radius 1 is 0.949 bits per heavy atom. The monoisotopic (exact) mass is 541 g/mol. The van der Waals surface area contributed by atoms with Gasteiger partial charge in [0.1, 0.15) is 0 Å². The summed E-state index contributed by atoms with van der Waals surface area (Å²) in [6.07, 6.45) is -1.16. The second-order valence-electron chi connectivity index (χ2n) is 11.2. The van der Waals surface area contributed by atoms with E-state index in [1.54, 1.807) is 12.1 Å². The van der Waals surface area contributed by atoms with E-state index in [1.165, 1.54) is 12.1 Å². The number of nitrogens with one attached hydrogen (secondary N) is 2. The molecule has 0 unspecified atom stereocenters. The van der Waals surface area contributed by atoms with Gasteiger partial charge in [-0.25, -0.2) is 9.78 Å². The number of para-hydroxylation sites is 1. The van der Waals surface area contributed by atoms with Crippen LogP contribution in [-0.2, 0) is 10.9 Å². The third-order valence-corrected chi connectivity index (χ3v) is 6.91. The number of hydrogen-bond acceptors (Lipinski definition) is 4. The van der Waals surface area contributed by atoms with Gasteiger partial charge in [0.25, 0.3) is 5.91 Å². The zero-order valence-corrected chi connectivity index (χ0v) is 22.4. The van der Waals surface area contributed by atoms with E-state index >= 15 is 0 Å². The van der Waals surface area contributed by atoms with Crippen molar-refractivity contribution < 1.29 is 27.5 Å². The molecule has 1 aromatic heterocycles. The number of alkyl carbamates (subject to hydrolysis) is 1. The molecule has 2 amide bonds. The SMILES string of the molecule is CC(C)(C)NC(=O)OCC1CCC(CNC(=O)c2cc(-c3ccc(C(F)(F)F)cc3)nc3ccccc23)CC1. The molecular weight excluding hydrogens is 507 g/mol. The largest absolute Gasteiger partial charge is 0.449 e. The van der Waals surface area contributed by atoms with Crippen LogP contribution in [0.2, 0.25) is 0 Å². The highest BCUT2D eigenvalue weighted by molar-refractivity contribution is 6.07. The van der Waals surface area contributed by atoms with Crippen molar-refractivity contribution in [2.75, 3.05) is 13.2 Å². The molecule has 2 aromatic carbocycles. The third kappa shape index (κ3) is 7.71. The second-order valence-corrected chi connectivity index (χ2v) is 11.2. The molecule has 1 heterocycles. The second kappa shape index (κ2) is 11.6. The van der Waals surface area contributed by atoms with Crippen molar-refractivity contribution in [2.24, 2.45) is 11.8 Å². The van der Waals surface area contributed by atoms with Gasteiger partial charge in [-0.05, 0) is 82.6 Å². The van der Waals surface area contributed by atoms with Crippen molar-refractivity contribution in [3.8, 4) is 11.3 Å². The van der Waals surface area contributed by atoms with Crippen molar-refractivity contribution in [3.63, 3.8) is 0 Å². The smallest absolute Gasteiger partial charge is 0.416 e. The maximum absolute atomic E-state index is 13.3. The molecule has 0 aliphatic heterocycles. The van der Waals surface area contributed by atoms with Crippen LogP contribution in [0.1, 0.15) is 62.4 Å². The Balaban J connectivity index is 1.38. The number of alkyl halides is 3. The molecule has 1 saturated carbocycles. The minimum atomic E-state index is -4.42. The van der Waals surface area contributed by atoms with Crippen molar-refractivity contribution in [3.05, 3.63) is 65.7 Å². The number of pyridine rings is 1. The van der Waals surface area contributed by atoms with Crippen LogP contribution in [-0.4, -0.2) is 35.7 Å². The first kappa shape index (κ1) is 28.4. The van der Waals surface area contributed by atoms with Gasteiger partial charge in [0.2, 0.25) is 0 Å². The minimum Gasteiger partial charge on any atom is -0.449 e. The average Bonchev–Trinajstić information content (AvgIpc) is 2.89. The summed E-state index contributed by atoms with van der Waals surface area (Å²) in [6, 6.07) is 13.6. The summed E-state index contributed by atoms with van der Waals surface area (Å²) >= 11 is 0. The van der Waals surface area contributed by atoms with E-state index in [4.69, 9.17) is 4.74 Å². The molecule has 2 N–H and O–H groups in total. The summed E-state index contributed by atoms with van der Waals surface area (Å²) in [5.74, 6) is 0.375. The van der Waals surface area contributed by atoms with Crippen LogP contribution < -0.4 is 10.6 Å². The van der Waals surface area contributed by atoms with E-state index in [9.17, 15) is 22.8 Å². The Bertz CT molecular complexity index is 1310. The topological polar surface area (TPSA) is 80.3 Å². The van der Waals surface area contributed by atoms with Gasteiger partial charge in [0, 0.05) is 23.0 Å². The van der Waals surface area contributed by atoms with Crippen LogP contribution in [0.5, 0.6) is 0 Å². The quantitative estimate of drug-likeness (QED) is 0.353. The van der Waals surface area contributed by atoms with Gasteiger partial charge in [-0.2, -0.15) is 13.2 Å².